The van der Waals surface area contributed by atoms with Crippen molar-refractivity contribution < 1.29 is 13.2 Å². The predicted molar refractivity (Wildman–Crippen MR) is 60.3 cm³/mol. The Bertz CT molecular complexity index is 637. The molecule has 0 spiro atoms. The summed E-state index contributed by atoms with van der Waals surface area (Å²) < 4.78 is 37.5. The molecule has 2 rings (SSSR count). The number of aromatic amines is 1. The molecule has 1 aromatic carbocycles. The molecule has 18 heavy (non-hydrogen) atoms. The molecule has 0 bridgehead atoms. The molecule has 1 aromatic heterocycles. The number of hydrogen-bond acceptors (Lipinski definition) is 2. The summed E-state index contributed by atoms with van der Waals surface area (Å²) in [6.45, 7) is 0. The number of hydrogen-bond donors (Lipinski definition) is 1. The topological polar surface area (TPSA) is 45.8 Å². The van der Waals surface area contributed by atoms with Gasteiger partial charge in [0.1, 0.15) is 5.82 Å². The first kappa shape index (κ1) is 12.6. The van der Waals surface area contributed by atoms with E-state index in [2.05, 4.69) is 9.97 Å². The Morgan fingerprint density at radius 1 is 1.22 bits per heavy atom. The van der Waals surface area contributed by atoms with E-state index < -0.39 is 17.4 Å². The smallest absolute Gasteiger partial charge is 0.307 e. The molecule has 0 radical (unpaired) electrons. The molecule has 0 aliphatic carbocycles. The third-order valence-electron chi connectivity index (χ3n) is 2.13. The fraction of sp³-hybridized carbons (Fsp3) is 0.0909. The summed E-state index contributed by atoms with van der Waals surface area (Å²) in [7, 11) is 0. The molecular formula is C11H6ClF3N2O. The standard InChI is InChI=1S/C11H6ClF3N2O/c12-7-3-1-2-6(4-7)10-16-8(11(13,14)15)5-9(18)17-10/h1-5H,(H,16,17,18). The van der Waals surface area contributed by atoms with Crippen LogP contribution in [0, 0.1) is 0 Å². The minimum absolute atomic E-state index is 0.169. The van der Waals surface area contributed by atoms with E-state index in [1.54, 1.807) is 12.1 Å². The van der Waals surface area contributed by atoms with Crippen molar-refractivity contribution in [1.29, 1.82) is 0 Å². The maximum atomic E-state index is 12.5. The fourth-order valence-electron chi connectivity index (χ4n) is 1.38. The van der Waals surface area contributed by atoms with Crippen LogP contribution in [0.25, 0.3) is 11.4 Å². The minimum Gasteiger partial charge on any atom is -0.307 e. The van der Waals surface area contributed by atoms with Gasteiger partial charge in [-0.15, -0.1) is 0 Å². The van der Waals surface area contributed by atoms with E-state index in [-0.39, 0.29) is 5.82 Å². The Hall–Kier alpha value is -1.82. The van der Waals surface area contributed by atoms with Gasteiger partial charge in [0.25, 0.3) is 5.56 Å². The lowest BCUT2D eigenvalue weighted by Crippen LogP contribution is -2.16. The van der Waals surface area contributed by atoms with E-state index in [9.17, 15) is 18.0 Å². The van der Waals surface area contributed by atoms with Gasteiger partial charge in [0.05, 0.1) is 0 Å². The average Bonchev–Trinajstić information content (AvgIpc) is 2.27. The molecule has 3 nitrogen and oxygen atoms in total. The molecule has 0 amide bonds. The van der Waals surface area contributed by atoms with E-state index in [4.69, 9.17) is 11.6 Å². The van der Waals surface area contributed by atoms with Gasteiger partial charge in [0.2, 0.25) is 0 Å². The maximum absolute atomic E-state index is 12.5. The van der Waals surface area contributed by atoms with Crippen LogP contribution < -0.4 is 5.56 Å². The van der Waals surface area contributed by atoms with Crippen molar-refractivity contribution in [3.05, 3.63) is 51.4 Å². The number of nitrogens with zero attached hydrogens (tertiary/aromatic N) is 1. The van der Waals surface area contributed by atoms with Crippen LogP contribution in [0.3, 0.4) is 0 Å². The molecule has 2 aromatic rings. The predicted octanol–water partition coefficient (Wildman–Crippen LogP) is 3.11. The summed E-state index contributed by atoms with van der Waals surface area (Å²) in [5.74, 6) is -0.169. The number of rotatable bonds is 1. The summed E-state index contributed by atoms with van der Waals surface area (Å²) >= 11 is 5.72. The first-order valence-corrected chi connectivity index (χ1v) is 5.18. The van der Waals surface area contributed by atoms with Crippen LogP contribution in [0.2, 0.25) is 5.02 Å². The van der Waals surface area contributed by atoms with Crippen molar-refractivity contribution in [2.75, 3.05) is 0 Å². The Labute approximate surface area is 104 Å². The van der Waals surface area contributed by atoms with Crippen molar-refractivity contribution in [3.8, 4) is 11.4 Å². The third kappa shape index (κ3) is 2.70. The molecule has 94 valence electrons. The number of aromatic nitrogens is 2. The second-order valence-electron chi connectivity index (χ2n) is 3.49. The summed E-state index contributed by atoms with van der Waals surface area (Å²) in [4.78, 5) is 16.8. The number of benzene rings is 1. The van der Waals surface area contributed by atoms with E-state index in [1.807, 2.05) is 0 Å². The largest absolute Gasteiger partial charge is 0.433 e. The monoisotopic (exact) mass is 274 g/mol. The van der Waals surface area contributed by atoms with Gasteiger partial charge in [-0.1, -0.05) is 23.7 Å². The van der Waals surface area contributed by atoms with E-state index in [0.29, 0.717) is 16.7 Å². The van der Waals surface area contributed by atoms with Gasteiger partial charge in [-0.3, -0.25) is 4.79 Å². The highest BCUT2D eigenvalue weighted by molar-refractivity contribution is 6.30. The normalized spacial score (nSPS) is 11.6. The van der Waals surface area contributed by atoms with Gasteiger partial charge in [0.15, 0.2) is 5.69 Å². The van der Waals surface area contributed by atoms with Gasteiger partial charge in [-0.05, 0) is 12.1 Å². The van der Waals surface area contributed by atoms with Gasteiger partial charge < -0.3 is 4.98 Å². The van der Waals surface area contributed by atoms with Crippen LogP contribution in [-0.4, -0.2) is 9.97 Å². The maximum Gasteiger partial charge on any atom is 0.433 e. The van der Waals surface area contributed by atoms with E-state index in [1.165, 1.54) is 12.1 Å². The average molecular weight is 275 g/mol. The highest BCUT2D eigenvalue weighted by atomic mass is 35.5. The second kappa shape index (κ2) is 4.45. The van der Waals surface area contributed by atoms with Crippen LogP contribution in [-0.2, 0) is 6.18 Å². The van der Waals surface area contributed by atoms with Gasteiger partial charge in [-0.2, -0.15) is 13.2 Å². The van der Waals surface area contributed by atoms with Crippen LogP contribution in [0.5, 0.6) is 0 Å². The molecule has 1 heterocycles. The second-order valence-corrected chi connectivity index (χ2v) is 3.92. The first-order chi connectivity index (χ1) is 8.36. The number of H-pyrrole nitrogens is 1. The Kier molecular flexibility index (Phi) is 3.13. The van der Waals surface area contributed by atoms with Crippen LogP contribution in [0.15, 0.2) is 35.1 Å². The quantitative estimate of drug-likeness (QED) is 0.868. The molecule has 0 fully saturated rings. The molecule has 0 unspecified atom stereocenters. The molecule has 0 atom stereocenters. The molecule has 7 heteroatoms. The molecule has 1 N–H and O–H groups in total. The molecular weight excluding hydrogens is 269 g/mol. The van der Waals surface area contributed by atoms with Gasteiger partial charge in [-0.25, -0.2) is 4.98 Å². The molecule has 0 saturated carbocycles. The lowest BCUT2D eigenvalue weighted by molar-refractivity contribution is -0.141. The Balaban J connectivity index is 2.59. The number of halogens is 4. The highest BCUT2D eigenvalue weighted by Gasteiger charge is 2.33. The van der Waals surface area contributed by atoms with Gasteiger partial charge >= 0.3 is 6.18 Å². The third-order valence-corrected chi connectivity index (χ3v) is 2.37. The lowest BCUT2D eigenvalue weighted by Gasteiger charge is -2.07. The summed E-state index contributed by atoms with van der Waals surface area (Å²) in [5, 5.41) is 0.340. The van der Waals surface area contributed by atoms with Crippen molar-refractivity contribution >= 4 is 11.6 Å². The van der Waals surface area contributed by atoms with Crippen LogP contribution >= 0.6 is 11.6 Å². The molecule has 0 aliphatic rings. The van der Waals surface area contributed by atoms with Crippen molar-refractivity contribution in [2.24, 2.45) is 0 Å². The van der Waals surface area contributed by atoms with Crippen molar-refractivity contribution in [2.45, 2.75) is 6.18 Å². The molecule has 0 aliphatic heterocycles. The molecule has 0 saturated heterocycles. The Morgan fingerprint density at radius 2 is 1.94 bits per heavy atom. The van der Waals surface area contributed by atoms with Crippen LogP contribution in [0.1, 0.15) is 5.69 Å². The summed E-state index contributed by atoms with van der Waals surface area (Å²) in [6, 6.07) is 6.45. The van der Waals surface area contributed by atoms with Crippen LogP contribution in [0.4, 0.5) is 13.2 Å². The minimum atomic E-state index is -4.67. The zero-order valence-electron chi connectivity index (χ0n) is 8.75. The summed E-state index contributed by atoms with van der Waals surface area (Å²) in [6.07, 6.45) is -4.67. The number of alkyl halides is 3. The zero-order valence-corrected chi connectivity index (χ0v) is 9.51. The van der Waals surface area contributed by atoms with E-state index in [0.717, 1.165) is 0 Å². The number of nitrogens with one attached hydrogen (secondary N) is 1. The zero-order chi connectivity index (χ0) is 13.3. The highest BCUT2D eigenvalue weighted by Crippen LogP contribution is 2.28. The van der Waals surface area contributed by atoms with Crippen molar-refractivity contribution in [3.63, 3.8) is 0 Å². The summed E-state index contributed by atoms with van der Waals surface area (Å²) in [5.41, 5.74) is -1.79. The van der Waals surface area contributed by atoms with Crippen molar-refractivity contribution in [1.82, 2.24) is 9.97 Å². The lowest BCUT2D eigenvalue weighted by atomic mass is 10.2. The van der Waals surface area contributed by atoms with Gasteiger partial charge in [0, 0.05) is 16.7 Å². The fourth-order valence-corrected chi connectivity index (χ4v) is 1.57. The Morgan fingerprint density at radius 3 is 2.56 bits per heavy atom. The SMILES string of the molecule is O=c1cc(C(F)(F)F)nc(-c2cccc(Cl)c2)[nH]1. The first-order valence-electron chi connectivity index (χ1n) is 4.81. The van der Waals surface area contributed by atoms with E-state index >= 15 is 0 Å².